The van der Waals surface area contributed by atoms with Crippen LogP contribution in [0.25, 0.3) is 0 Å². The van der Waals surface area contributed by atoms with Crippen molar-refractivity contribution in [1.82, 2.24) is 0 Å². The third-order valence-electron chi connectivity index (χ3n) is 3.27. The Hall–Kier alpha value is -2.09. The number of carbonyl (C=O) groups is 1. The quantitative estimate of drug-likeness (QED) is 0.776. The highest BCUT2D eigenvalue weighted by atomic mass is 16.5. The fourth-order valence-electron chi connectivity index (χ4n) is 2.28. The SMILES string of the molecule is CCc1cc(OC)cc(C)c1C(=O)c1ccccc1. The van der Waals surface area contributed by atoms with Gasteiger partial charge in [-0.2, -0.15) is 0 Å². The summed E-state index contributed by atoms with van der Waals surface area (Å²) in [6, 6.07) is 13.3. The lowest BCUT2D eigenvalue weighted by atomic mass is 9.92. The largest absolute Gasteiger partial charge is 0.497 e. The van der Waals surface area contributed by atoms with Crippen molar-refractivity contribution < 1.29 is 9.53 Å². The normalized spacial score (nSPS) is 10.3. The molecule has 2 aromatic carbocycles. The van der Waals surface area contributed by atoms with E-state index in [1.807, 2.05) is 49.4 Å². The van der Waals surface area contributed by atoms with Gasteiger partial charge in [0.2, 0.25) is 0 Å². The fraction of sp³-hybridized carbons (Fsp3) is 0.235. The lowest BCUT2D eigenvalue weighted by Gasteiger charge is -2.13. The second-order valence-corrected chi connectivity index (χ2v) is 4.53. The van der Waals surface area contributed by atoms with Gasteiger partial charge in [0.1, 0.15) is 5.75 Å². The summed E-state index contributed by atoms with van der Waals surface area (Å²) in [6.45, 7) is 4.01. The van der Waals surface area contributed by atoms with Gasteiger partial charge in [0, 0.05) is 11.1 Å². The molecule has 0 aliphatic carbocycles. The number of rotatable bonds is 4. The summed E-state index contributed by atoms with van der Waals surface area (Å²) < 4.78 is 5.27. The molecule has 2 aromatic rings. The standard InChI is InChI=1S/C17H18O2/c1-4-13-11-15(19-3)10-12(2)16(13)17(18)14-8-6-5-7-9-14/h5-11H,4H2,1-3H3. The van der Waals surface area contributed by atoms with Gasteiger partial charge >= 0.3 is 0 Å². The fourth-order valence-corrected chi connectivity index (χ4v) is 2.28. The van der Waals surface area contributed by atoms with Crippen molar-refractivity contribution >= 4 is 5.78 Å². The van der Waals surface area contributed by atoms with Gasteiger partial charge in [-0.25, -0.2) is 0 Å². The van der Waals surface area contributed by atoms with E-state index < -0.39 is 0 Å². The molecular formula is C17H18O2. The van der Waals surface area contributed by atoms with Crippen LogP contribution >= 0.6 is 0 Å². The molecule has 0 atom stereocenters. The van der Waals surface area contributed by atoms with Crippen LogP contribution in [-0.2, 0) is 6.42 Å². The number of hydrogen-bond donors (Lipinski definition) is 0. The number of hydrogen-bond acceptors (Lipinski definition) is 2. The van der Waals surface area contributed by atoms with E-state index in [1.54, 1.807) is 7.11 Å². The first-order valence-corrected chi connectivity index (χ1v) is 6.44. The molecule has 0 aliphatic rings. The zero-order valence-electron chi connectivity index (χ0n) is 11.6. The molecule has 0 N–H and O–H groups in total. The summed E-state index contributed by atoms with van der Waals surface area (Å²) >= 11 is 0. The zero-order chi connectivity index (χ0) is 13.8. The topological polar surface area (TPSA) is 26.3 Å². The van der Waals surface area contributed by atoms with Crippen molar-refractivity contribution in [3.8, 4) is 5.75 Å². The number of methoxy groups -OCH3 is 1. The third kappa shape index (κ3) is 2.68. The zero-order valence-corrected chi connectivity index (χ0v) is 11.6. The molecular weight excluding hydrogens is 236 g/mol. The highest BCUT2D eigenvalue weighted by molar-refractivity contribution is 6.10. The first-order valence-electron chi connectivity index (χ1n) is 6.44. The van der Waals surface area contributed by atoms with E-state index in [-0.39, 0.29) is 5.78 Å². The van der Waals surface area contributed by atoms with Crippen LogP contribution in [-0.4, -0.2) is 12.9 Å². The van der Waals surface area contributed by atoms with Crippen molar-refractivity contribution in [2.45, 2.75) is 20.3 Å². The Balaban J connectivity index is 2.53. The Morgan fingerprint density at radius 1 is 1.16 bits per heavy atom. The second kappa shape index (κ2) is 5.70. The highest BCUT2D eigenvalue weighted by Gasteiger charge is 2.16. The maximum atomic E-state index is 12.6. The number of carbonyl (C=O) groups excluding carboxylic acids is 1. The van der Waals surface area contributed by atoms with Gasteiger partial charge in [-0.1, -0.05) is 37.3 Å². The Morgan fingerprint density at radius 2 is 1.84 bits per heavy atom. The number of ether oxygens (including phenoxy) is 1. The van der Waals surface area contributed by atoms with Crippen LogP contribution < -0.4 is 4.74 Å². The van der Waals surface area contributed by atoms with Crippen LogP contribution in [0.3, 0.4) is 0 Å². The van der Waals surface area contributed by atoms with Gasteiger partial charge < -0.3 is 4.74 Å². The molecule has 0 saturated heterocycles. The first-order chi connectivity index (χ1) is 9.17. The smallest absolute Gasteiger partial charge is 0.193 e. The summed E-state index contributed by atoms with van der Waals surface area (Å²) in [5.74, 6) is 0.886. The van der Waals surface area contributed by atoms with Crippen LogP contribution in [0.5, 0.6) is 5.75 Å². The summed E-state index contributed by atoms with van der Waals surface area (Å²) in [7, 11) is 1.65. The predicted octanol–water partition coefficient (Wildman–Crippen LogP) is 3.80. The van der Waals surface area contributed by atoms with Crippen LogP contribution in [0.1, 0.15) is 34.0 Å². The molecule has 0 bridgehead atoms. The van der Waals surface area contributed by atoms with Gasteiger partial charge in [-0.05, 0) is 36.6 Å². The first kappa shape index (κ1) is 13.3. The molecule has 0 amide bonds. The van der Waals surface area contributed by atoms with Gasteiger partial charge in [-0.15, -0.1) is 0 Å². The van der Waals surface area contributed by atoms with Gasteiger partial charge in [-0.3, -0.25) is 4.79 Å². The van der Waals surface area contributed by atoms with Crippen molar-refractivity contribution in [3.05, 3.63) is 64.7 Å². The van der Waals surface area contributed by atoms with Crippen LogP contribution in [0, 0.1) is 6.92 Å². The molecule has 2 heteroatoms. The average Bonchev–Trinajstić information content (AvgIpc) is 2.46. The molecule has 2 rings (SSSR count). The maximum Gasteiger partial charge on any atom is 0.193 e. The maximum absolute atomic E-state index is 12.6. The Morgan fingerprint density at radius 3 is 2.42 bits per heavy atom. The minimum Gasteiger partial charge on any atom is -0.497 e. The average molecular weight is 254 g/mol. The number of benzene rings is 2. The Bertz CT molecular complexity index is 586. The third-order valence-corrected chi connectivity index (χ3v) is 3.27. The van der Waals surface area contributed by atoms with Crippen LogP contribution in [0.15, 0.2) is 42.5 Å². The summed E-state index contributed by atoms with van der Waals surface area (Å²) in [6.07, 6.45) is 0.811. The van der Waals surface area contributed by atoms with Crippen molar-refractivity contribution in [2.24, 2.45) is 0 Å². The Labute approximate surface area is 114 Å². The summed E-state index contributed by atoms with van der Waals surface area (Å²) in [5.41, 5.74) is 3.52. The van der Waals surface area contributed by atoms with Crippen LogP contribution in [0.4, 0.5) is 0 Å². The number of ketones is 1. The summed E-state index contributed by atoms with van der Waals surface area (Å²) in [5, 5.41) is 0. The molecule has 98 valence electrons. The van der Waals surface area contributed by atoms with E-state index in [0.717, 1.165) is 34.4 Å². The monoisotopic (exact) mass is 254 g/mol. The van der Waals surface area contributed by atoms with E-state index in [0.29, 0.717) is 0 Å². The minimum atomic E-state index is 0.0811. The van der Waals surface area contributed by atoms with Gasteiger partial charge in [0.25, 0.3) is 0 Å². The number of aryl methyl sites for hydroxylation is 2. The molecule has 19 heavy (non-hydrogen) atoms. The Kier molecular flexibility index (Phi) is 4.00. The molecule has 0 aromatic heterocycles. The molecule has 0 unspecified atom stereocenters. The van der Waals surface area contributed by atoms with E-state index in [2.05, 4.69) is 6.92 Å². The molecule has 0 spiro atoms. The molecule has 0 saturated carbocycles. The van der Waals surface area contributed by atoms with Crippen LogP contribution in [0.2, 0.25) is 0 Å². The van der Waals surface area contributed by atoms with E-state index in [1.165, 1.54) is 0 Å². The van der Waals surface area contributed by atoms with Gasteiger partial charge in [0.15, 0.2) is 5.78 Å². The molecule has 0 aliphatic heterocycles. The molecule has 0 radical (unpaired) electrons. The molecule has 0 fully saturated rings. The molecule has 0 heterocycles. The van der Waals surface area contributed by atoms with E-state index >= 15 is 0 Å². The summed E-state index contributed by atoms with van der Waals surface area (Å²) in [4.78, 5) is 12.6. The lowest BCUT2D eigenvalue weighted by Crippen LogP contribution is -2.08. The van der Waals surface area contributed by atoms with Crippen molar-refractivity contribution in [3.63, 3.8) is 0 Å². The molecule has 2 nitrogen and oxygen atoms in total. The highest BCUT2D eigenvalue weighted by Crippen LogP contribution is 2.25. The second-order valence-electron chi connectivity index (χ2n) is 4.53. The predicted molar refractivity (Wildman–Crippen MR) is 77.0 cm³/mol. The lowest BCUT2D eigenvalue weighted by molar-refractivity contribution is 0.103. The van der Waals surface area contributed by atoms with Crippen molar-refractivity contribution in [1.29, 1.82) is 0 Å². The van der Waals surface area contributed by atoms with E-state index in [9.17, 15) is 4.79 Å². The van der Waals surface area contributed by atoms with Crippen molar-refractivity contribution in [2.75, 3.05) is 7.11 Å². The minimum absolute atomic E-state index is 0.0811. The van der Waals surface area contributed by atoms with E-state index in [4.69, 9.17) is 4.74 Å². The van der Waals surface area contributed by atoms with Gasteiger partial charge in [0.05, 0.1) is 7.11 Å².